The summed E-state index contributed by atoms with van der Waals surface area (Å²) >= 11 is 0. The smallest absolute Gasteiger partial charge is 0.226 e. The zero-order valence-electron chi connectivity index (χ0n) is 11.4. The lowest BCUT2D eigenvalue weighted by molar-refractivity contribution is 0.247. The third-order valence-electron chi connectivity index (χ3n) is 3.88. The number of hydrogen-bond acceptors (Lipinski definition) is 6. The van der Waals surface area contributed by atoms with Gasteiger partial charge in [0.05, 0.1) is 0 Å². The van der Waals surface area contributed by atoms with E-state index in [0.29, 0.717) is 11.6 Å². The van der Waals surface area contributed by atoms with Crippen LogP contribution in [0.25, 0.3) is 0 Å². The molecule has 0 bridgehead atoms. The van der Waals surface area contributed by atoms with Crippen LogP contribution in [-0.4, -0.2) is 58.6 Å². The average Bonchev–Trinajstić information content (AvgIpc) is 3.31. The van der Waals surface area contributed by atoms with E-state index >= 15 is 0 Å². The molecule has 0 spiro atoms. The Hall–Kier alpha value is -1.89. The van der Waals surface area contributed by atoms with Crippen molar-refractivity contribution in [3.63, 3.8) is 0 Å². The minimum absolute atomic E-state index is 0.0148. The normalized spacial score (nSPS) is 21.2. The highest BCUT2D eigenvalue weighted by Crippen LogP contribution is 2.30. The van der Waals surface area contributed by atoms with E-state index < -0.39 is 0 Å². The molecule has 1 saturated heterocycles. The molecule has 20 heavy (non-hydrogen) atoms. The molecule has 0 atom stereocenters. The lowest BCUT2D eigenvalue weighted by Gasteiger charge is -2.34. The number of nitrogens with two attached hydrogens (primary N) is 1. The molecule has 1 saturated carbocycles. The molecule has 7 nitrogen and oxygen atoms in total. The number of piperazine rings is 1. The summed E-state index contributed by atoms with van der Waals surface area (Å²) < 4.78 is 0. The molecule has 2 heterocycles. The maximum Gasteiger partial charge on any atom is 0.226 e. The molecular formula is C13H20N6O. The van der Waals surface area contributed by atoms with E-state index in [1.54, 1.807) is 12.3 Å². The van der Waals surface area contributed by atoms with Crippen LogP contribution in [0.5, 0.6) is 0 Å². The quantitative estimate of drug-likeness (QED) is 0.351. The molecular weight excluding hydrogens is 256 g/mol. The summed E-state index contributed by atoms with van der Waals surface area (Å²) in [6.07, 6.45) is 4.43. The Bertz CT molecular complexity index is 493. The van der Waals surface area contributed by atoms with Gasteiger partial charge in [0.25, 0.3) is 0 Å². The second-order valence-electron chi connectivity index (χ2n) is 5.46. The molecule has 0 amide bonds. The fraction of sp³-hybridized carbons (Fsp3) is 0.615. The van der Waals surface area contributed by atoms with Crippen LogP contribution < -0.4 is 10.6 Å². The SMILES string of the molecule is N/C(=N/O)c1ccnc(N2CCN(CC3CC3)CC2)n1. The van der Waals surface area contributed by atoms with Gasteiger partial charge in [0.15, 0.2) is 5.84 Å². The van der Waals surface area contributed by atoms with E-state index in [1.807, 2.05) is 0 Å². The number of nitrogens with zero attached hydrogens (tertiary/aromatic N) is 5. The van der Waals surface area contributed by atoms with Crippen molar-refractivity contribution >= 4 is 11.8 Å². The summed E-state index contributed by atoms with van der Waals surface area (Å²) in [6, 6.07) is 1.64. The molecule has 0 aromatic carbocycles. The highest BCUT2D eigenvalue weighted by atomic mass is 16.4. The standard InChI is InChI=1S/C13H20N6O/c14-12(17-20)11-3-4-15-13(16-11)19-7-5-18(6-8-19)9-10-1-2-10/h3-4,10,20H,1-2,5-9H2,(H2,14,17). The predicted molar refractivity (Wildman–Crippen MR) is 75.9 cm³/mol. The van der Waals surface area contributed by atoms with E-state index in [1.165, 1.54) is 19.4 Å². The van der Waals surface area contributed by atoms with Gasteiger partial charge in [0, 0.05) is 38.9 Å². The molecule has 3 N–H and O–H groups in total. The number of rotatable bonds is 4. The largest absolute Gasteiger partial charge is 0.409 e. The maximum atomic E-state index is 8.70. The van der Waals surface area contributed by atoms with Gasteiger partial charge in [-0.15, -0.1) is 0 Å². The average molecular weight is 276 g/mol. The van der Waals surface area contributed by atoms with Crippen molar-refractivity contribution in [1.29, 1.82) is 0 Å². The zero-order valence-corrected chi connectivity index (χ0v) is 11.4. The van der Waals surface area contributed by atoms with Crippen LogP contribution in [0.4, 0.5) is 5.95 Å². The molecule has 0 unspecified atom stereocenters. The Morgan fingerprint density at radius 1 is 1.35 bits per heavy atom. The molecule has 2 fully saturated rings. The highest BCUT2D eigenvalue weighted by Gasteiger charge is 2.27. The number of aromatic nitrogens is 2. The van der Waals surface area contributed by atoms with E-state index in [9.17, 15) is 0 Å². The summed E-state index contributed by atoms with van der Waals surface area (Å²) in [5.41, 5.74) is 6.02. The minimum atomic E-state index is 0.0148. The topological polar surface area (TPSA) is 90.9 Å². The number of hydrogen-bond donors (Lipinski definition) is 2. The van der Waals surface area contributed by atoms with E-state index in [0.717, 1.165) is 32.1 Å². The molecule has 0 radical (unpaired) electrons. The Morgan fingerprint density at radius 3 is 2.75 bits per heavy atom. The lowest BCUT2D eigenvalue weighted by atomic mass is 10.3. The summed E-state index contributed by atoms with van der Waals surface area (Å²) in [6.45, 7) is 5.18. The number of anilines is 1. The van der Waals surface area contributed by atoms with Gasteiger partial charge >= 0.3 is 0 Å². The molecule has 2 aliphatic rings. The Kier molecular flexibility index (Phi) is 3.68. The lowest BCUT2D eigenvalue weighted by Crippen LogP contribution is -2.47. The van der Waals surface area contributed by atoms with Gasteiger partial charge in [-0.25, -0.2) is 9.97 Å². The summed E-state index contributed by atoms with van der Waals surface area (Å²) in [5, 5.41) is 11.7. The van der Waals surface area contributed by atoms with Gasteiger partial charge in [-0.2, -0.15) is 0 Å². The summed E-state index contributed by atoms with van der Waals surface area (Å²) in [4.78, 5) is 13.3. The van der Waals surface area contributed by atoms with Gasteiger partial charge < -0.3 is 15.8 Å². The Balaban J connectivity index is 1.62. The number of oxime groups is 1. The Morgan fingerprint density at radius 2 is 2.10 bits per heavy atom. The minimum Gasteiger partial charge on any atom is -0.409 e. The molecule has 1 aliphatic carbocycles. The first-order chi connectivity index (χ1) is 9.76. The van der Waals surface area contributed by atoms with Gasteiger partial charge in [0.2, 0.25) is 5.95 Å². The first-order valence-electron chi connectivity index (χ1n) is 7.04. The van der Waals surface area contributed by atoms with Crippen molar-refractivity contribution in [2.24, 2.45) is 16.8 Å². The first kappa shape index (κ1) is 13.1. The van der Waals surface area contributed by atoms with E-state index in [-0.39, 0.29) is 5.84 Å². The van der Waals surface area contributed by atoms with Crippen LogP contribution in [0.2, 0.25) is 0 Å². The van der Waals surface area contributed by atoms with Crippen molar-refractivity contribution in [1.82, 2.24) is 14.9 Å². The molecule has 7 heteroatoms. The van der Waals surface area contributed by atoms with E-state index in [4.69, 9.17) is 10.9 Å². The van der Waals surface area contributed by atoms with Crippen molar-refractivity contribution in [3.05, 3.63) is 18.0 Å². The van der Waals surface area contributed by atoms with Crippen molar-refractivity contribution in [2.45, 2.75) is 12.8 Å². The van der Waals surface area contributed by atoms with Gasteiger partial charge in [-0.05, 0) is 24.8 Å². The van der Waals surface area contributed by atoms with Crippen LogP contribution in [0.15, 0.2) is 17.4 Å². The van der Waals surface area contributed by atoms with Crippen LogP contribution >= 0.6 is 0 Å². The second-order valence-corrected chi connectivity index (χ2v) is 5.46. The summed E-state index contributed by atoms with van der Waals surface area (Å²) in [5.74, 6) is 1.60. The molecule has 108 valence electrons. The molecule has 1 aromatic heterocycles. The summed E-state index contributed by atoms with van der Waals surface area (Å²) in [7, 11) is 0. The van der Waals surface area contributed by atoms with Crippen LogP contribution in [0.3, 0.4) is 0 Å². The molecule has 1 aromatic rings. The van der Waals surface area contributed by atoms with E-state index in [2.05, 4.69) is 24.9 Å². The third kappa shape index (κ3) is 2.98. The first-order valence-corrected chi connectivity index (χ1v) is 7.04. The highest BCUT2D eigenvalue weighted by molar-refractivity contribution is 5.95. The number of amidine groups is 1. The zero-order chi connectivity index (χ0) is 13.9. The van der Waals surface area contributed by atoms with Crippen molar-refractivity contribution < 1.29 is 5.21 Å². The van der Waals surface area contributed by atoms with Crippen LogP contribution in [0.1, 0.15) is 18.5 Å². The monoisotopic (exact) mass is 276 g/mol. The van der Waals surface area contributed by atoms with Crippen molar-refractivity contribution in [2.75, 3.05) is 37.6 Å². The fourth-order valence-corrected chi connectivity index (χ4v) is 2.49. The van der Waals surface area contributed by atoms with Gasteiger partial charge in [0.1, 0.15) is 5.69 Å². The van der Waals surface area contributed by atoms with Gasteiger partial charge in [-0.1, -0.05) is 5.16 Å². The fourth-order valence-electron chi connectivity index (χ4n) is 2.49. The van der Waals surface area contributed by atoms with Crippen LogP contribution in [0, 0.1) is 5.92 Å². The molecule has 3 rings (SSSR count). The maximum absolute atomic E-state index is 8.70. The second kappa shape index (κ2) is 5.62. The predicted octanol–water partition coefficient (Wildman–Crippen LogP) is 0.103. The molecule has 1 aliphatic heterocycles. The van der Waals surface area contributed by atoms with Gasteiger partial charge in [-0.3, -0.25) is 4.90 Å². The third-order valence-corrected chi connectivity index (χ3v) is 3.88. The Labute approximate surface area is 118 Å². The van der Waals surface area contributed by atoms with Crippen LogP contribution in [-0.2, 0) is 0 Å². The van der Waals surface area contributed by atoms with Crippen molar-refractivity contribution in [3.8, 4) is 0 Å².